The van der Waals surface area contributed by atoms with Gasteiger partial charge in [0.1, 0.15) is 0 Å². The van der Waals surface area contributed by atoms with Gasteiger partial charge in [-0.15, -0.1) is 0 Å². The summed E-state index contributed by atoms with van der Waals surface area (Å²) in [5, 5.41) is 5.25. The van der Waals surface area contributed by atoms with Crippen molar-refractivity contribution in [2.75, 3.05) is 5.32 Å². The molecule has 2 heteroatoms. The first-order valence-corrected chi connectivity index (χ1v) is 7.02. The molecule has 0 saturated heterocycles. The van der Waals surface area contributed by atoms with Gasteiger partial charge in [0.15, 0.2) is 0 Å². The van der Waals surface area contributed by atoms with Gasteiger partial charge in [0.25, 0.3) is 5.91 Å². The van der Waals surface area contributed by atoms with Gasteiger partial charge in [-0.25, -0.2) is 0 Å². The number of para-hydroxylation sites is 1. The second-order valence-corrected chi connectivity index (χ2v) is 5.22. The Morgan fingerprint density at radius 3 is 2.29 bits per heavy atom. The number of aryl methyl sites for hydroxylation is 1. The summed E-state index contributed by atoms with van der Waals surface area (Å²) in [5.41, 5.74) is 3.73. The molecule has 0 aliphatic heterocycles. The van der Waals surface area contributed by atoms with Gasteiger partial charge >= 0.3 is 0 Å². The lowest BCUT2D eigenvalue weighted by atomic mass is 9.95. The molecule has 0 fully saturated rings. The van der Waals surface area contributed by atoms with E-state index < -0.39 is 0 Å². The van der Waals surface area contributed by atoms with Crippen LogP contribution in [0.3, 0.4) is 0 Å². The average molecular weight is 275 g/mol. The van der Waals surface area contributed by atoms with Crippen LogP contribution in [-0.4, -0.2) is 5.91 Å². The Morgan fingerprint density at radius 1 is 0.857 bits per heavy atom. The second kappa shape index (κ2) is 5.41. The Balaban J connectivity index is 2.04. The van der Waals surface area contributed by atoms with Crippen molar-refractivity contribution in [3.8, 4) is 0 Å². The molecular formula is C19H17NO. The first kappa shape index (κ1) is 13.4. The number of fused-ring (bicyclic) bond motifs is 1. The van der Waals surface area contributed by atoms with Crippen LogP contribution in [0, 0.1) is 13.8 Å². The van der Waals surface area contributed by atoms with E-state index in [1.807, 2.05) is 61.5 Å². The molecule has 0 saturated carbocycles. The first-order chi connectivity index (χ1) is 10.2. The Labute approximate surface area is 124 Å². The largest absolute Gasteiger partial charge is 0.322 e. The molecule has 104 valence electrons. The quantitative estimate of drug-likeness (QED) is 0.721. The van der Waals surface area contributed by atoms with Crippen LogP contribution in [-0.2, 0) is 0 Å². The zero-order valence-corrected chi connectivity index (χ0v) is 12.2. The van der Waals surface area contributed by atoms with Crippen molar-refractivity contribution in [3.63, 3.8) is 0 Å². The third-order valence-corrected chi connectivity index (χ3v) is 3.91. The summed E-state index contributed by atoms with van der Waals surface area (Å²) in [6.07, 6.45) is 0. The molecule has 21 heavy (non-hydrogen) atoms. The van der Waals surface area contributed by atoms with Crippen LogP contribution in [0.15, 0.2) is 60.7 Å². The third kappa shape index (κ3) is 2.52. The molecule has 0 bridgehead atoms. The van der Waals surface area contributed by atoms with Crippen LogP contribution in [0.4, 0.5) is 5.69 Å². The van der Waals surface area contributed by atoms with Crippen LogP contribution in [0.25, 0.3) is 10.8 Å². The number of carbonyl (C=O) groups excluding carboxylic acids is 1. The fourth-order valence-corrected chi connectivity index (χ4v) is 2.59. The lowest BCUT2D eigenvalue weighted by Crippen LogP contribution is -2.14. The lowest BCUT2D eigenvalue weighted by molar-refractivity contribution is 0.102. The molecule has 0 atom stereocenters. The van der Waals surface area contributed by atoms with Crippen molar-refractivity contribution in [1.82, 2.24) is 0 Å². The van der Waals surface area contributed by atoms with Gasteiger partial charge in [0, 0.05) is 11.3 Å². The standard InChI is InChI=1S/C19H17NO/c1-13-14(2)18(12-15-8-6-7-11-17(13)15)19(21)20-16-9-4-3-5-10-16/h3-12H,1-2H3,(H,20,21). The number of hydrogen-bond acceptors (Lipinski definition) is 1. The van der Waals surface area contributed by atoms with Crippen molar-refractivity contribution in [3.05, 3.63) is 77.4 Å². The van der Waals surface area contributed by atoms with E-state index >= 15 is 0 Å². The minimum absolute atomic E-state index is 0.0625. The van der Waals surface area contributed by atoms with Crippen molar-refractivity contribution >= 4 is 22.4 Å². The second-order valence-electron chi connectivity index (χ2n) is 5.22. The van der Waals surface area contributed by atoms with E-state index in [1.54, 1.807) is 0 Å². The van der Waals surface area contributed by atoms with E-state index in [-0.39, 0.29) is 5.91 Å². The number of benzene rings is 3. The van der Waals surface area contributed by atoms with Gasteiger partial charge in [-0.2, -0.15) is 0 Å². The van der Waals surface area contributed by atoms with E-state index in [9.17, 15) is 4.79 Å². The SMILES string of the molecule is Cc1c(C(=O)Nc2ccccc2)cc2ccccc2c1C. The molecular weight excluding hydrogens is 258 g/mol. The van der Waals surface area contributed by atoms with E-state index in [2.05, 4.69) is 18.3 Å². The summed E-state index contributed by atoms with van der Waals surface area (Å²) < 4.78 is 0. The first-order valence-electron chi connectivity index (χ1n) is 7.02. The molecule has 1 amide bonds. The summed E-state index contributed by atoms with van der Waals surface area (Å²) in [4.78, 5) is 12.5. The molecule has 2 nitrogen and oxygen atoms in total. The summed E-state index contributed by atoms with van der Waals surface area (Å²) in [7, 11) is 0. The molecule has 3 rings (SSSR count). The maximum Gasteiger partial charge on any atom is 0.255 e. The predicted octanol–water partition coefficient (Wildman–Crippen LogP) is 4.71. The molecule has 0 radical (unpaired) electrons. The molecule has 0 aliphatic rings. The molecule has 0 aliphatic carbocycles. The lowest BCUT2D eigenvalue weighted by Gasteiger charge is -2.12. The number of carbonyl (C=O) groups is 1. The maximum atomic E-state index is 12.5. The zero-order chi connectivity index (χ0) is 14.8. The molecule has 0 unspecified atom stereocenters. The number of nitrogens with one attached hydrogen (secondary N) is 1. The number of rotatable bonds is 2. The van der Waals surface area contributed by atoms with E-state index in [0.29, 0.717) is 0 Å². The van der Waals surface area contributed by atoms with E-state index in [1.165, 1.54) is 5.39 Å². The van der Waals surface area contributed by atoms with E-state index in [0.717, 1.165) is 27.8 Å². The topological polar surface area (TPSA) is 29.1 Å². The fourth-order valence-electron chi connectivity index (χ4n) is 2.59. The van der Waals surface area contributed by atoms with Crippen molar-refractivity contribution < 1.29 is 4.79 Å². The van der Waals surface area contributed by atoms with Crippen LogP contribution >= 0.6 is 0 Å². The molecule has 3 aromatic rings. The minimum atomic E-state index is -0.0625. The van der Waals surface area contributed by atoms with Crippen molar-refractivity contribution in [2.45, 2.75) is 13.8 Å². The highest BCUT2D eigenvalue weighted by molar-refractivity contribution is 6.08. The molecule has 0 heterocycles. The molecule has 1 N–H and O–H groups in total. The number of anilines is 1. The highest BCUT2D eigenvalue weighted by atomic mass is 16.1. The Kier molecular flexibility index (Phi) is 3.44. The summed E-state index contributed by atoms with van der Waals surface area (Å²) in [6, 6.07) is 19.7. The number of amides is 1. The van der Waals surface area contributed by atoms with Crippen molar-refractivity contribution in [2.24, 2.45) is 0 Å². The Morgan fingerprint density at radius 2 is 1.52 bits per heavy atom. The predicted molar refractivity (Wildman–Crippen MR) is 87.8 cm³/mol. The van der Waals surface area contributed by atoms with Crippen molar-refractivity contribution in [1.29, 1.82) is 0 Å². The smallest absolute Gasteiger partial charge is 0.255 e. The highest BCUT2D eigenvalue weighted by Gasteiger charge is 2.13. The molecule has 0 aromatic heterocycles. The van der Waals surface area contributed by atoms with Gasteiger partial charge in [0.2, 0.25) is 0 Å². The maximum absolute atomic E-state index is 12.5. The summed E-state index contributed by atoms with van der Waals surface area (Å²) >= 11 is 0. The van der Waals surface area contributed by atoms with Crippen LogP contribution in [0.5, 0.6) is 0 Å². The average Bonchev–Trinajstić information content (AvgIpc) is 2.52. The molecule has 3 aromatic carbocycles. The Hall–Kier alpha value is -2.61. The van der Waals surface area contributed by atoms with Crippen LogP contribution in [0.2, 0.25) is 0 Å². The van der Waals surface area contributed by atoms with Gasteiger partial charge in [-0.05, 0) is 53.9 Å². The van der Waals surface area contributed by atoms with Crippen LogP contribution in [0.1, 0.15) is 21.5 Å². The molecule has 0 spiro atoms. The fraction of sp³-hybridized carbons (Fsp3) is 0.105. The summed E-state index contributed by atoms with van der Waals surface area (Å²) in [6.45, 7) is 4.07. The van der Waals surface area contributed by atoms with Gasteiger partial charge < -0.3 is 5.32 Å². The van der Waals surface area contributed by atoms with Gasteiger partial charge in [-0.1, -0.05) is 42.5 Å². The normalized spacial score (nSPS) is 10.6. The third-order valence-electron chi connectivity index (χ3n) is 3.91. The highest BCUT2D eigenvalue weighted by Crippen LogP contribution is 2.25. The minimum Gasteiger partial charge on any atom is -0.322 e. The number of hydrogen-bond donors (Lipinski definition) is 1. The summed E-state index contributed by atoms with van der Waals surface area (Å²) in [5.74, 6) is -0.0625. The van der Waals surface area contributed by atoms with Gasteiger partial charge in [0.05, 0.1) is 0 Å². The zero-order valence-electron chi connectivity index (χ0n) is 12.2. The van der Waals surface area contributed by atoms with Crippen LogP contribution < -0.4 is 5.32 Å². The Bertz CT molecular complexity index is 806. The van der Waals surface area contributed by atoms with E-state index in [4.69, 9.17) is 0 Å². The monoisotopic (exact) mass is 275 g/mol. The van der Waals surface area contributed by atoms with Gasteiger partial charge in [-0.3, -0.25) is 4.79 Å².